The number of nitrogens with zero attached hydrogens (tertiary/aromatic N) is 3. The van der Waals surface area contributed by atoms with Crippen molar-refractivity contribution in [3.63, 3.8) is 0 Å². The Bertz CT molecular complexity index is 906. The first kappa shape index (κ1) is 18.0. The number of nitrogens with one attached hydrogen (secondary N) is 1. The van der Waals surface area contributed by atoms with Gasteiger partial charge in [-0.1, -0.05) is 12.1 Å². The van der Waals surface area contributed by atoms with Crippen LogP contribution in [0.1, 0.15) is 11.1 Å². The molecule has 0 spiro atoms. The van der Waals surface area contributed by atoms with Gasteiger partial charge >= 0.3 is 0 Å². The molecule has 0 fully saturated rings. The van der Waals surface area contributed by atoms with Crippen LogP contribution in [0.2, 0.25) is 0 Å². The second kappa shape index (κ2) is 8.05. The second-order valence-corrected chi connectivity index (χ2v) is 7.00. The van der Waals surface area contributed by atoms with E-state index in [2.05, 4.69) is 15.5 Å². The highest BCUT2D eigenvalue weighted by Gasteiger charge is 2.07. The zero-order valence-electron chi connectivity index (χ0n) is 14.9. The fourth-order valence-electron chi connectivity index (χ4n) is 2.28. The molecule has 134 valence electrons. The molecule has 1 heterocycles. The number of anilines is 1. The number of benzene rings is 2. The van der Waals surface area contributed by atoms with Gasteiger partial charge in [-0.3, -0.25) is 4.79 Å². The average molecular weight is 368 g/mol. The van der Waals surface area contributed by atoms with Crippen molar-refractivity contribution >= 4 is 23.4 Å². The molecule has 2 aromatic carbocycles. The maximum atomic E-state index is 12.1. The van der Waals surface area contributed by atoms with Crippen molar-refractivity contribution in [3.05, 3.63) is 59.9 Å². The summed E-state index contributed by atoms with van der Waals surface area (Å²) in [6.45, 7) is 3.92. The molecular weight excluding hydrogens is 348 g/mol. The van der Waals surface area contributed by atoms with Gasteiger partial charge in [0.05, 0.1) is 0 Å². The van der Waals surface area contributed by atoms with Gasteiger partial charge in [-0.2, -0.15) is 0 Å². The minimum absolute atomic E-state index is 0.0280. The van der Waals surface area contributed by atoms with E-state index in [1.807, 2.05) is 67.9 Å². The summed E-state index contributed by atoms with van der Waals surface area (Å²) in [5.41, 5.74) is 2.83. The molecule has 0 aliphatic carbocycles. The van der Waals surface area contributed by atoms with E-state index in [0.717, 1.165) is 32.6 Å². The van der Waals surface area contributed by atoms with Crippen molar-refractivity contribution in [3.8, 4) is 5.75 Å². The number of aromatic nitrogens is 3. The zero-order chi connectivity index (χ0) is 18.5. The first-order valence-corrected chi connectivity index (χ1v) is 8.95. The van der Waals surface area contributed by atoms with E-state index in [4.69, 9.17) is 4.74 Å². The highest BCUT2D eigenvalue weighted by atomic mass is 32.2. The van der Waals surface area contributed by atoms with Crippen molar-refractivity contribution < 1.29 is 9.53 Å². The Balaban J connectivity index is 1.54. The van der Waals surface area contributed by atoms with Gasteiger partial charge in [0.2, 0.25) is 0 Å². The maximum absolute atomic E-state index is 12.1. The number of carbonyl (C=O) groups excluding carboxylic acids is 1. The molecule has 7 heteroatoms. The van der Waals surface area contributed by atoms with E-state index in [9.17, 15) is 4.79 Å². The molecule has 6 nitrogen and oxygen atoms in total. The molecule has 3 aromatic rings. The minimum atomic E-state index is -0.195. The van der Waals surface area contributed by atoms with E-state index in [1.54, 1.807) is 6.33 Å². The van der Waals surface area contributed by atoms with Crippen LogP contribution in [0, 0.1) is 13.8 Å². The van der Waals surface area contributed by atoms with Crippen LogP contribution in [-0.4, -0.2) is 27.3 Å². The average Bonchev–Trinajstić information content (AvgIpc) is 3.02. The summed E-state index contributed by atoms with van der Waals surface area (Å²) in [7, 11) is 1.90. The predicted octanol–water partition coefficient (Wildman–Crippen LogP) is 3.60. The minimum Gasteiger partial charge on any atom is -0.483 e. The summed E-state index contributed by atoms with van der Waals surface area (Å²) in [4.78, 5) is 13.1. The molecule has 0 aliphatic heterocycles. The van der Waals surface area contributed by atoms with Crippen molar-refractivity contribution in [2.45, 2.75) is 23.9 Å². The maximum Gasteiger partial charge on any atom is 0.262 e. The third kappa shape index (κ3) is 4.64. The van der Waals surface area contributed by atoms with E-state index in [-0.39, 0.29) is 12.5 Å². The molecule has 1 N–H and O–H groups in total. The third-order valence-corrected chi connectivity index (χ3v) is 4.78. The third-order valence-electron chi connectivity index (χ3n) is 3.72. The van der Waals surface area contributed by atoms with E-state index >= 15 is 0 Å². The fraction of sp³-hybridized carbons (Fsp3) is 0.211. The summed E-state index contributed by atoms with van der Waals surface area (Å²) in [5.74, 6) is 0.537. The first-order valence-electron chi connectivity index (χ1n) is 8.13. The Hall–Kier alpha value is -2.80. The highest BCUT2D eigenvalue weighted by Crippen LogP contribution is 2.26. The lowest BCUT2D eigenvalue weighted by Gasteiger charge is -2.10. The molecule has 1 amide bonds. The van der Waals surface area contributed by atoms with Crippen molar-refractivity contribution in [1.29, 1.82) is 0 Å². The second-order valence-electron chi connectivity index (χ2n) is 5.96. The molecule has 0 atom stereocenters. The smallest absolute Gasteiger partial charge is 0.262 e. The van der Waals surface area contributed by atoms with Gasteiger partial charge in [-0.15, -0.1) is 10.2 Å². The van der Waals surface area contributed by atoms with Gasteiger partial charge in [-0.05, 0) is 67.1 Å². The Morgan fingerprint density at radius 1 is 1.19 bits per heavy atom. The lowest BCUT2D eigenvalue weighted by Crippen LogP contribution is -2.20. The molecule has 0 saturated heterocycles. The topological polar surface area (TPSA) is 69.0 Å². The lowest BCUT2D eigenvalue weighted by atomic mass is 10.1. The molecule has 1 aromatic heterocycles. The van der Waals surface area contributed by atoms with Crippen LogP contribution < -0.4 is 10.1 Å². The molecule has 0 bridgehead atoms. The van der Waals surface area contributed by atoms with Crippen LogP contribution in [0.5, 0.6) is 5.75 Å². The van der Waals surface area contributed by atoms with Crippen LogP contribution >= 0.6 is 11.8 Å². The van der Waals surface area contributed by atoms with Gasteiger partial charge in [-0.25, -0.2) is 0 Å². The number of hydrogen-bond donors (Lipinski definition) is 1. The monoisotopic (exact) mass is 368 g/mol. The Morgan fingerprint density at radius 3 is 2.65 bits per heavy atom. The van der Waals surface area contributed by atoms with Gasteiger partial charge in [0.1, 0.15) is 12.1 Å². The van der Waals surface area contributed by atoms with Crippen molar-refractivity contribution in [1.82, 2.24) is 14.8 Å². The zero-order valence-corrected chi connectivity index (χ0v) is 15.7. The Kier molecular flexibility index (Phi) is 5.58. The summed E-state index contributed by atoms with van der Waals surface area (Å²) in [5, 5.41) is 11.5. The predicted molar refractivity (Wildman–Crippen MR) is 102 cm³/mol. The first-order chi connectivity index (χ1) is 12.5. The van der Waals surface area contributed by atoms with Crippen LogP contribution in [0.3, 0.4) is 0 Å². The highest BCUT2D eigenvalue weighted by molar-refractivity contribution is 7.99. The summed E-state index contributed by atoms with van der Waals surface area (Å²) in [6, 6.07) is 13.5. The number of carbonyl (C=O) groups is 1. The number of ether oxygens (including phenoxy) is 1. The molecular formula is C19H20N4O2S. The SMILES string of the molecule is Cc1ccc(C)c(OCC(=O)Nc2ccc(Sc3nncn3C)cc2)c1. The van der Waals surface area contributed by atoms with Gasteiger partial charge < -0.3 is 14.6 Å². The van der Waals surface area contributed by atoms with Gasteiger partial charge in [0.25, 0.3) is 5.91 Å². The molecule has 0 saturated carbocycles. The fourth-order valence-corrected chi connectivity index (χ4v) is 3.04. The molecule has 0 aliphatic rings. The van der Waals surface area contributed by atoms with Crippen LogP contribution in [-0.2, 0) is 11.8 Å². The normalized spacial score (nSPS) is 10.6. The molecule has 26 heavy (non-hydrogen) atoms. The number of aryl methyl sites for hydroxylation is 3. The summed E-state index contributed by atoms with van der Waals surface area (Å²) >= 11 is 1.51. The van der Waals surface area contributed by atoms with Crippen LogP contribution in [0.4, 0.5) is 5.69 Å². The number of hydrogen-bond acceptors (Lipinski definition) is 5. The van der Waals surface area contributed by atoms with Gasteiger partial charge in [0, 0.05) is 17.6 Å². The standard InChI is InChI=1S/C19H20N4O2S/c1-13-4-5-14(2)17(10-13)25-11-18(24)21-15-6-8-16(9-7-15)26-19-22-20-12-23(19)3/h4-10,12H,11H2,1-3H3,(H,21,24). The van der Waals surface area contributed by atoms with Crippen LogP contribution in [0.15, 0.2) is 58.8 Å². The van der Waals surface area contributed by atoms with Crippen LogP contribution in [0.25, 0.3) is 0 Å². The number of amides is 1. The largest absolute Gasteiger partial charge is 0.483 e. The molecule has 3 rings (SSSR count). The van der Waals surface area contributed by atoms with E-state index in [0.29, 0.717) is 0 Å². The Morgan fingerprint density at radius 2 is 1.96 bits per heavy atom. The molecule has 0 unspecified atom stereocenters. The summed E-state index contributed by atoms with van der Waals surface area (Å²) in [6.07, 6.45) is 1.66. The van der Waals surface area contributed by atoms with Gasteiger partial charge in [0.15, 0.2) is 11.8 Å². The quantitative estimate of drug-likeness (QED) is 0.720. The van der Waals surface area contributed by atoms with Crippen molar-refractivity contribution in [2.24, 2.45) is 7.05 Å². The molecule has 0 radical (unpaired) electrons. The van der Waals surface area contributed by atoms with E-state index in [1.165, 1.54) is 11.8 Å². The van der Waals surface area contributed by atoms with E-state index < -0.39 is 0 Å². The summed E-state index contributed by atoms with van der Waals surface area (Å²) < 4.78 is 7.48. The van der Waals surface area contributed by atoms with Crippen molar-refractivity contribution in [2.75, 3.05) is 11.9 Å². The Labute approximate surface area is 156 Å². The lowest BCUT2D eigenvalue weighted by molar-refractivity contribution is -0.118. The number of rotatable bonds is 6.